The maximum absolute atomic E-state index is 11.8. The lowest BCUT2D eigenvalue weighted by atomic mass is 10.0. The number of piperidine rings is 1. The number of carbonyl (C=O) groups excluding carboxylic acids is 1. The Morgan fingerprint density at radius 2 is 2.00 bits per heavy atom. The van der Waals surface area contributed by atoms with E-state index in [1.54, 1.807) is 6.07 Å². The maximum Gasteiger partial charge on any atom is 0.407 e. The minimum absolute atomic E-state index is 0.147. The summed E-state index contributed by atoms with van der Waals surface area (Å²) in [7, 11) is 0. The van der Waals surface area contributed by atoms with Gasteiger partial charge in [-0.3, -0.25) is 4.90 Å². The van der Waals surface area contributed by atoms with Crippen LogP contribution in [0.15, 0.2) is 18.2 Å². The molecule has 128 valence electrons. The van der Waals surface area contributed by atoms with Crippen molar-refractivity contribution in [1.82, 2.24) is 10.2 Å². The Kier molecular flexibility index (Phi) is 5.76. The van der Waals surface area contributed by atoms with Crippen LogP contribution in [-0.4, -0.2) is 40.8 Å². The Balaban J connectivity index is 1.78. The summed E-state index contributed by atoms with van der Waals surface area (Å²) in [5.41, 5.74) is 0.521. The van der Waals surface area contributed by atoms with Crippen molar-refractivity contribution in [2.45, 2.75) is 51.8 Å². The Morgan fingerprint density at radius 3 is 2.57 bits per heavy atom. The number of likely N-dealkylation sites (tertiary alicyclic amines) is 1. The normalized spacial score (nSPS) is 17.0. The molecular formula is C17H25ClN2O3. The predicted molar refractivity (Wildman–Crippen MR) is 90.8 cm³/mol. The zero-order valence-corrected chi connectivity index (χ0v) is 14.7. The second-order valence-electron chi connectivity index (χ2n) is 7.01. The van der Waals surface area contributed by atoms with Gasteiger partial charge in [0.25, 0.3) is 0 Å². The first-order valence-corrected chi connectivity index (χ1v) is 8.29. The van der Waals surface area contributed by atoms with E-state index in [4.69, 9.17) is 16.3 Å². The van der Waals surface area contributed by atoms with E-state index in [2.05, 4.69) is 10.2 Å². The molecule has 1 amide bonds. The van der Waals surface area contributed by atoms with Crippen LogP contribution >= 0.6 is 11.6 Å². The molecule has 0 saturated carbocycles. The average molecular weight is 341 g/mol. The second kappa shape index (κ2) is 7.41. The Bertz CT molecular complexity index is 529. The number of rotatable bonds is 3. The summed E-state index contributed by atoms with van der Waals surface area (Å²) >= 11 is 5.96. The molecule has 1 saturated heterocycles. The summed E-state index contributed by atoms with van der Waals surface area (Å²) in [6.45, 7) is 8.08. The number of hydrogen-bond acceptors (Lipinski definition) is 4. The molecule has 0 aliphatic carbocycles. The van der Waals surface area contributed by atoms with Gasteiger partial charge in [0, 0.05) is 30.7 Å². The SMILES string of the molecule is CC(C)(C)OC(=O)NC1CCN(Cc2cc(O)cc(Cl)c2)CC1. The standard InChI is InChI=1S/C17H25ClN2O3/c1-17(2,3)23-16(22)19-14-4-6-20(7-5-14)11-12-8-13(18)10-15(21)9-12/h8-10,14,21H,4-7,11H2,1-3H3,(H,19,22). The van der Waals surface area contributed by atoms with Crippen molar-refractivity contribution in [3.8, 4) is 5.75 Å². The van der Waals surface area contributed by atoms with Gasteiger partial charge >= 0.3 is 6.09 Å². The third-order valence-electron chi connectivity index (χ3n) is 3.66. The molecule has 2 N–H and O–H groups in total. The predicted octanol–water partition coefficient (Wildman–Crippen LogP) is 3.53. The van der Waals surface area contributed by atoms with Gasteiger partial charge in [0.05, 0.1) is 0 Å². The molecule has 1 fully saturated rings. The largest absolute Gasteiger partial charge is 0.508 e. The lowest BCUT2D eigenvalue weighted by Gasteiger charge is -2.32. The highest BCUT2D eigenvalue weighted by molar-refractivity contribution is 6.30. The molecule has 1 heterocycles. The van der Waals surface area contributed by atoms with E-state index in [9.17, 15) is 9.90 Å². The number of aromatic hydroxyl groups is 1. The van der Waals surface area contributed by atoms with Gasteiger partial charge in [0.2, 0.25) is 0 Å². The zero-order chi connectivity index (χ0) is 17.0. The summed E-state index contributed by atoms with van der Waals surface area (Å²) in [6, 6.07) is 5.28. The number of hydrogen-bond donors (Lipinski definition) is 2. The van der Waals surface area contributed by atoms with Crippen molar-refractivity contribution in [1.29, 1.82) is 0 Å². The summed E-state index contributed by atoms with van der Waals surface area (Å²) in [5, 5.41) is 13.1. The van der Waals surface area contributed by atoms with Gasteiger partial charge < -0.3 is 15.2 Å². The molecule has 2 rings (SSSR count). The van der Waals surface area contributed by atoms with E-state index in [1.807, 2.05) is 26.8 Å². The van der Waals surface area contributed by atoms with Crippen molar-refractivity contribution in [3.63, 3.8) is 0 Å². The topological polar surface area (TPSA) is 61.8 Å². The fourth-order valence-electron chi connectivity index (χ4n) is 2.69. The number of phenolic OH excluding ortho intramolecular Hbond substituents is 1. The molecule has 1 aromatic rings. The number of amides is 1. The number of nitrogens with one attached hydrogen (secondary N) is 1. The van der Waals surface area contributed by atoms with Gasteiger partial charge in [-0.15, -0.1) is 0 Å². The number of alkyl carbamates (subject to hydrolysis) is 1. The first kappa shape index (κ1) is 17.9. The lowest BCUT2D eigenvalue weighted by Crippen LogP contribution is -2.45. The van der Waals surface area contributed by atoms with Gasteiger partial charge in [-0.2, -0.15) is 0 Å². The Labute approximate surface area is 142 Å². The molecular weight excluding hydrogens is 316 g/mol. The molecule has 0 spiro atoms. The third kappa shape index (κ3) is 6.28. The monoisotopic (exact) mass is 340 g/mol. The van der Waals surface area contributed by atoms with Gasteiger partial charge in [0.1, 0.15) is 11.4 Å². The lowest BCUT2D eigenvalue weighted by molar-refractivity contribution is 0.0477. The molecule has 0 aromatic heterocycles. The minimum Gasteiger partial charge on any atom is -0.508 e. The summed E-state index contributed by atoms with van der Waals surface area (Å²) < 4.78 is 5.28. The van der Waals surface area contributed by atoms with E-state index in [-0.39, 0.29) is 17.9 Å². The van der Waals surface area contributed by atoms with E-state index >= 15 is 0 Å². The molecule has 1 aliphatic heterocycles. The van der Waals surface area contributed by atoms with Crippen molar-refractivity contribution in [2.75, 3.05) is 13.1 Å². The van der Waals surface area contributed by atoms with Crippen molar-refractivity contribution in [2.24, 2.45) is 0 Å². The number of carbonyl (C=O) groups is 1. The summed E-state index contributed by atoms with van der Waals surface area (Å²) in [4.78, 5) is 14.1. The number of nitrogens with zero attached hydrogens (tertiary/aromatic N) is 1. The zero-order valence-electron chi connectivity index (χ0n) is 13.9. The molecule has 0 bridgehead atoms. The summed E-state index contributed by atoms with van der Waals surface area (Å²) in [6.07, 6.45) is 1.41. The van der Waals surface area contributed by atoms with Crippen molar-refractivity contribution >= 4 is 17.7 Å². The van der Waals surface area contributed by atoms with Crippen LogP contribution in [0.5, 0.6) is 5.75 Å². The van der Waals surface area contributed by atoms with E-state index in [1.165, 1.54) is 6.07 Å². The number of benzene rings is 1. The quantitative estimate of drug-likeness (QED) is 0.883. The molecule has 0 radical (unpaired) electrons. The van der Waals surface area contributed by atoms with Crippen LogP contribution in [0.4, 0.5) is 4.79 Å². The first-order chi connectivity index (χ1) is 10.7. The van der Waals surface area contributed by atoms with Crippen LogP contribution in [0, 0.1) is 0 Å². The van der Waals surface area contributed by atoms with Crippen molar-refractivity contribution < 1.29 is 14.6 Å². The highest BCUT2D eigenvalue weighted by Crippen LogP contribution is 2.22. The molecule has 23 heavy (non-hydrogen) atoms. The van der Waals surface area contributed by atoms with E-state index in [0.29, 0.717) is 5.02 Å². The van der Waals surface area contributed by atoms with Crippen LogP contribution < -0.4 is 5.32 Å². The number of phenols is 1. The molecule has 6 heteroatoms. The molecule has 5 nitrogen and oxygen atoms in total. The molecule has 1 aliphatic rings. The van der Waals surface area contributed by atoms with E-state index < -0.39 is 5.60 Å². The highest BCUT2D eigenvalue weighted by Gasteiger charge is 2.23. The highest BCUT2D eigenvalue weighted by atomic mass is 35.5. The number of ether oxygens (including phenoxy) is 1. The number of halogens is 1. The van der Waals surface area contributed by atoms with Crippen LogP contribution in [-0.2, 0) is 11.3 Å². The van der Waals surface area contributed by atoms with Crippen LogP contribution in [0.1, 0.15) is 39.2 Å². The van der Waals surface area contributed by atoms with Gasteiger partial charge in [-0.05, 0) is 57.4 Å². The van der Waals surface area contributed by atoms with E-state index in [0.717, 1.165) is 38.0 Å². The molecule has 1 aromatic carbocycles. The van der Waals surface area contributed by atoms with Gasteiger partial charge in [-0.1, -0.05) is 11.6 Å². The molecule has 0 unspecified atom stereocenters. The molecule has 0 atom stereocenters. The fraction of sp³-hybridized carbons (Fsp3) is 0.588. The summed E-state index contributed by atoms with van der Waals surface area (Å²) in [5.74, 6) is 0.189. The fourth-order valence-corrected chi connectivity index (χ4v) is 2.94. The third-order valence-corrected chi connectivity index (χ3v) is 3.88. The van der Waals surface area contributed by atoms with Gasteiger partial charge in [-0.25, -0.2) is 4.79 Å². The maximum atomic E-state index is 11.8. The van der Waals surface area contributed by atoms with Crippen LogP contribution in [0.25, 0.3) is 0 Å². The van der Waals surface area contributed by atoms with Crippen LogP contribution in [0.3, 0.4) is 0 Å². The Hall–Kier alpha value is -1.46. The minimum atomic E-state index is -0.473. The smallest absolute Gasteiger partial charge is 0.407 e. The van der Waals surface area contributed by atoms with Crippen molar-refractivity contribution in [3.05, 3.63) is 28.8 Å². The first-order valence-electron chi connectivity index (χ1n) is 7.91. The Morgan fingerprint density at radius 1 is 1.35 bits per heavy atom. The van der Waals surface area contributed by atoms with Gasteiger partial charge in [0.15, 0.2) is 0 Å². The van der Waals surface area contributed by atoms with Crippen LogP contribution in [0.2, 0.25) is 5.02 Å². The average Bonchev–Trinajstić information content (AvgIpc) is 2.37. The second-order valence-corrected chi connectivity index (χ2v) is 7.45.